The van der Waals surface area contributed by atoms with Crippen molar-refractivity contribution in [2.45, 2.75) is 6.92 Å². The van der Waals surface area contributed by atoms with Gasteiger partial charge in [-0.25, -0.2) is 0 Å². The second-order valence-corrected chi connectivity index (χ2v) is 9.96. The molecule has 0 saturated heterocycles. The average Bonchev–Trinajstić information content (AvgIpc) is 2.73. The SMILES string of the molecule is COC(=O)C(C)C[P+](c1ccccc1)(c1ccccc1)c1ccccc1. The van der Waals surface area contributed by atoms with Crippen LogP contribution >= 0.6 is 7.26 Å². The Hall–Kier alpha value is -2.44. The molecule has 1 unspecified atom stereocenters. The van der Waals surface area contributed by atoms with E-state index in [0.29, 0.717) is 0 Å². The molecule has 0 amide bonds. The van der Waals surface area contributed by atoms with Crippen LogP contribution in [-0.4, -0.2) is 19.2 Å². The number of hydrogen-bond acceptors (Lipinski definition) is 2. The molecule has 0 heterocycles. The normalized spacial score (nSPS) is 12.4. The van der Waals surface area contributed by atoms with Crippen LogP contribution < -0.4 is 15.9 Å². The van der Waals surface area contributed by atoms with E-state index < -0.39 is 7.26 Å². The highest BCUT2D eigenvalue weighted by Crippen LogP contribution is 2.56. The van der Waals surface area contributed by atoms with Crippen LogP contribution in [0.3, 0.4) is 0 Å². The minimum Gasteiger partial charge on any atom is -0.469 e. The van der Waals surface area contributed by atoms with Crippen molar-refractivity contribution < 1.29 is 9.53 Å². The molecule has 0 fully saturated rings. The quantitative estimate of drug-likeness (QED) is 0.492. The first-order valence-corrected chi connectivity index (χ1v) is 10.8. The van der Waals surface area contributed by atoms with E-state index in [4.69, 9.17) is 4.74 Å². The third-order valence-electron chi connectivity index (χ3n) is 4.74. The molecule has 3 aromatic carbocycles. The van der Waals surface area contributed by atoms with Crippen LogP contribution in [0.2, 0.25) is 0 Å². The molecule has 3 rings (SSSR count). The van der Waals surface area contributed by atoms with Crippen molar-refractivity contribution in [2.75, 3.05) is 13.3 Å². The Morgan fingerprint density at radius 3 is 1.42 bits per heavy atom. The molecule has 2 nitrogen and oxygen atoms in total. The van der Waals surface area contributed by atoms with E-state index in [-0.39, 0.29) is 11.9 Å². The number of ether oxygens (including phenoxy) is 1. The van der Waals surface area contributed by atoms with Gasteiger partial charge in [0.25, 0.3) is 0 Å². The lowest BCUT2D eigenvalue weighted by atomic mass is 10.2. The maximum absolute atomic E-state index is 12.3. The second kappa shape index (κ2) is 8.29. The van der Waals surface area contributed by atoms with Gasteiger partial charge in [0.05, 0.1) is 19.2 Å². The molecule has 0 bridgehead atoms. The molecule has 3 aromatic rings. The van der Waals surface area contributed by atoms with Crippen molar-refractivity contribution in [3.05, 3.63) is 91.0 Å². The number of methoxy groups -OCH3 is 1. The van der Waals surface area contributed by atoms with Crippen molar-refractivity contribution in [3.63, 3.8) is 0 Å². The number of carbonyl (C=O) groups is 1. The van der Waals surface area contributed by atoms with Crippen LogP contribution in [0, 0.1) is 5.92 Å². The Bertz CT molecular complexity index is 735. The van der Waals surface area contributed by atoms with Crippen molar-refractivity contribution in [1.82, 2.24) is 0 Å². The van der Waals surface area contributed by atoms with Crippen LogP contribution in [-0.2, 0) is 9.53 Å². The zero-order valence-corrected chi connectivity index (χ0v) is 16.1. The maximum atomic E-state index is 12.3. The largest absolute Gasteiger partial charge is 0.469 e. The summed E-state index contributed by atoms with van der Waals surface area (Å²) >= 11 is 0. The van der Waals surface area contributed by atoms with Gasteiger partial charge in [-0.1, -0.05) is 54.6 Å². The zero-order valence-electron chi connectivity index (χ0n) is 15.2. The third kappa shape index (κ3) is 3.57. The molecule has 3 heteroatoms. The Balaban J connectivity index is 2.26. The molecule has 0 aliphatic rings. The number of carbonyl (C=O) groups excluding carboxylic acids is 1. The molecule has 0 aromatic heterocycles. The lowest BCUT2D eigenvalue weighted by Gasteiger charge is -2.29. The summed E-state index contributed by atoms with van der Waals surface area (Å²) in [5, 5.41) is 3.86. The van der Waals surface area contributed by atoms with Gasteiger partial charge in [-0.15, -0.1) is 0 Å². The fraction of sp³-hybridized carbons (Fsp3) is 0.174. The molecule has 0 saturated carbocycles. The molecule has 132 valence electrons. The number of rotatable bonds is 6. The molecule has 0 aliphatic heterocycles. The van der Waals surface area contributed by atoms with Gasteiger partial charge in [-0.05, 0) is 43.3 Å². The van der Waals surface area contributed by atoms with Gasteiger partial charge in [0.2, 0.25) is 0 Å². The molecule has 0 spiro atoms. The Morgan fingerprint density at radius 1 is 0.769 bits per heavy atom. The van der Waals surface area contributed by atoms with Gasteiger partial charge >= 0.3 is 5.97 Å². The highest BCUT2D eigenvalue weighted by atomic mass is 31.2. The van der Waals surface area contributed by atoms with Gasteiger partial charge in [0.1, 0.15) is 23.2 Å². The molecule has 0 N–H and O–H groups in total. The zero-order chi connectivity index (χ0) is 18.4. The van der Waals surface area contributed by atoms with Gasteiger partial charge in [0.15, 0.2) is 0 Å². The van der Waals surface area contributed by atoms with Crippen LogP contribution in [0.25, 0.3) is 0 Å². The van der Waals surface area contributed by atoms with E-state index in [1.54, 1.807) is 0 Å². The van der Waals surface area contributed by atoms with E-state index in [0.717, 1.165) is 6.16 Å². The monoisotopic (exact) mass is 363 g/mol. The van der Waals surface area contributed by atoms with Gasteiger partial charge in [0, 0.05) is 0 Å². The summed E-state index contributed by atoms with van der Waals surface area (Å²) in [6, 6.07) is 31.8. The minimum atomic E-state index is -1.98. The predicted octanol–water partition coefficient (Wildman–Crippen LogP) is 3.79. The van der Waals surface area contributed by atoms with Gasteiger partial charge in [-0.3, -0.25) is 4.79 Å². The summed E-state index contributed by atoms with van der Waals surface area (Å²) in [7, 11) is -0.512. The van der Waals surface area contributed by atoms with Crippen LogP contribution in [0.5, 0.6) is 0 Å². The smallest absolute Gasteiger partial charge is 0.312 e. The predicted molar refractivity (Wildman–Crippen MR) is 111 cm³/mol. The van der Waals surface area contributed by atoms with Gasteiger partial charge in [-0.2, -0.15) is 0 Å². The second-order valence-electron chi connectivity index (χ2n) is 6.42. The third-order valence-corrected chi connectivity index (χ3v) is 9.38. The fourth-order valence-corrected chi connectivity index (χ4v) is 8.04. The average molecular weight is 363 g/mol. The summed E-state index contributed by atoms with van der Waals surface area (Å²) in [4.78, 5) is 12.3. The Morgan fingerprint density at radius 2 is 1.12 bits per heavy atom. The van der Waals surface area contributed by atoms with Gasteiger partial charge < -0.3 is 4.74 Å². The van der Waals surface area contributed by atoms with Crippen molar-refractivity contribution in [1.29, 1.82) is 0 Å². The van der Waals surface area contributed by atoms with Crippen LogP contribution in [0.4, 0.5) is 0 Å². The van der Waals surface area contributed by atoms with E-state index >= 15 is 0 Å². The first-order valence-electron chi connectivity index (χ1n) is 8.81. The lowest BCUT2D eigenvalue weighted by molar-refractivity contribution is -0.144. The number of benzene rings is 3. The van der Waals surface area contributed by atoms with E-state index in [1.165, 1.54) is 23.0 Å². The number of esters is 1. The topological polar surface area (TPSA) is 26.3 Å². The summed E-state index contributed by atoms with van der Waals surface area (Å²) in [6.07, 6.45) is 0.748. The minimum absolute atomic E-state index is 0.155. The van der Waals surface area contributed by atoms with Crippen molar-refractivity contribution in [3.8, 4) is 0 Å². The van der Waals surface area contributed by atoms with Crippen molar-refractivity contribution in [2.24, 2.45) is 5.92 Å². The molecular weight excluding hydrogens is 339 g/mol. The van der Waals surface area contributed by atoms with E-state index in [2.05, 4.69) is 72.8 Å². The first kappa shape index (κ1) is 18.4. The first-order chi connectivity index (χ1) is 12.7. The van der Waals surface area contributed by atoms with Crippen LogP contribution in [0.15, 0.2) is 91.0 Å². The summed E-state index contributed by atoms with van der Waals surface area (Å²) in [6.45, 7) is 1.97. The fourth-order valence-electron chi connectivity index (χ4n) is 3.50. The van der Waals surface area contributed by atoms with Crippen molar-refractivity contribution >= 4 is 29.1 Å². The van der Waals surface area contributed by atoms with E-state index in [1.807, 2.05) is 25.1 Å². The number of hydrogen-bond donors (Lipinski definition) is 0. The highest BCUT2D eigenvalue weighted by molar-refractivity contribution is 7.95. The Kier molecular flexibility index (Phi) is 5.85. The van der Waals surface area contributed by atoms with Crippen LogP contribution in [0.1, 0.15) is 6.92 Å². The Labute approximate surface area is 156 Å². The highest BCUT2D eigenvalue weighted by Gasteiger charge is 2.47. The maximum Gasteiger partial charge on any atom is 0.312 e. The molecular formula is C23H24O2P+. The molecule has 0 radical (unpaired) electrons. The molecule has 1 atom stereocenters. The summed E-state index contributed by atoms with van der Waals surface area (Å²) in [5.41, 5.74) is 0. The standard InChI is InChI=1S/C23H24O2P/c1-19(23(24)25-2)18-26(20-12-6-3-7-13-20,21-14-8-4-9-15-21)22-16-10-5-11-17-22/h3-17,19H,18H2,1-2H3/q+1. The molecule has 0 aliphatic carbocycles. The lowest BCUT2D eigenvalue weighted by Crippen LogP contribution is -2.36. The molecule has 26 heavy (non-hydrogen) atoms. The summed E-state index contributed by atoms with van der Waals surface area (Å²) < 4.78 is 5.04. The summed E-state index contributed by atoms with van der Waals surface area (Å²) in [5.74, 6) is -0.342. The van der Waals surface area contributed by atoms with E-state index in [9.17, 15) is 4.79 Å².